The van der Waals surface area contributed by atoms with Gasteiger partial charge in [0.05, 0.1) is 24.2 Å². The first-order valence-electron chi connectivity index (χ1n) is 14.1. The largest absolute Gasteiger partial charge is 0.481 e. The van der Waals surface area contributed by atoms with Crippen molar-refractivity contribution in [1.82, 2.24) is 24.8 Å². The van der Waals surface area contributed by atoms with Crippen LogP contribution in [-0.2, 0) is 20.6 Å². The number of piperazine rings is 1. The van der Waals surface area contributed by atoms with Crippen LogP contribution in [0.25, 0.3) is 0 Å². The van der Waals surface area contributed by atoms with Crippen LogP contribution < -0.4 is 25.4 Å². The van der Waals surface area contributed by atoms with E-state index in [-0.39, 0.29) is 40.8 Å². The molecule has 4 rings (SSSR count). The van der Waals surface area contributed by atoms with E-state index in [1.54, 1.807) is 29.7 Å². The molecule has 0 radical (unpaired) electrons. The molecule has 3 amide bonds. The summed E-state index contributed by atoms with van der Waals surface area (Å²) >= 11 is 0. The number of benzene rings is 1. The molecule has 13 nitrogen and oxygen atoms in total. The van der Waals surface area contributed by atoms with Gasteiger partial charge in [-0.25, -0.2) is 9.97 Å². The fourth-order valence-electron chi connectivity index (χ4n) is 4.49. The summed E-state index contributed by atoms with van der Waals surface area (Å²) in [5, 5.41) is 8.07. The van der Waals surface area contributed by atoms with Crippen LogP contribution in [0.2, 0.25) is 0 Å². The topological polar surface area (TPSA) is 151 Å². The molecule has 46 heavy (non-hydrogen) atoms. The number of halogens is 3. The van der Waals surface area contributed by atoms with Gasteiger partial charge in [-0.15, -0.1) is 0 Å². The number of pyridine rings is 1. The smallest absolute Gasteiger partial charge is 0.421 e. The first kappa shape index (κ1) is 33.5. The van der Waals surface area contributed by atoms with E-state index in [2.05, 4.69) is 37.5 Å². The highest BCUT2D eigenvalue weighted by molar-refractivity contribution is 6.01. The summed E-state index contributed by atoms with van der Waals surface area (Å²) in [4.78, 5) is 52.1. The highest BCUT2D eigenvalue weighted by atomic mass is 19.4. The predicted molar refractivity (Wildman–Crippen MR) is 163 cm³/mol. The number of hydrogen-bond donors (Lipinski definition) is 3. The summed E-state index contributed by atoms with van der Waals surface area (Å²) in [5.41, 5.74) is 0.0385. The Bertz CT molecular complexity index is 1630. The number of aryl methyl sites for hydroxylation is 1. The Labute approximate surface area is 262 Å². The van der Waals surface area contributed by atoms with Crippen molar-refractivity contribution in [2.75, 3.05) is 49.2 Å². The SMILES string of the molecule is C=CC(=O)Nc1cc(O[C@@H](C)C(=O)N2CCN(C(C)=O)CC2)ccc1Nc1nc(Nc2cc(OC)ncc2C)ncc1C(F)(F)F. The van der Waals surface area contributed by atoms with Crippen LogP contribution in [0.15, 0.2) is 49.3 Å². The van der Waals surface area contributed by atoms with Gasteiger partial charge >= 0.3 is 6.18 Å². The minimum atomic E-state index is -4.82. The maximum atomic E-state index is 14.0. The number of aromatic nitrogens is 3. The molecule has 1 saturated heterocycles. The van der Waals surface area contributed by atoms with E-state index < -0.39 is 29.6 Å². The van der Waals surface area contributed by atoms with Crippen LogP contribution in [0.4, 0.5) is 42.0 Å². The molecule has 1 aromatic carbocycles. The molecular weight excluding hydrogens is 609 g/mol. The van der Waals surface area contributed by atoms with Crippen molar-refractivity contribution in [3.8, 4) is 11.6 Å². The Morgan fingerprint density at radius 3 is 2.33 bits per heavy atom. The third-order valence-corrected chi connectivity index (χ3v) is 7.01. The zero-order valence-corrected chi connectivity index (χ0v) is 25.6. The Morgan fingerprint density at radius 1 is 1.00 bits per heavy atom. The van der Waals surface area contributed by atoms with E-state index in [4.69, 9.17) is 9.47 Å². The monoisotopic (exact) mass is 642 g/mol. The van der Waals surface area contributed by atoms with Gasteiger partial charge in [0.15, 0.2) is 6.10 Å². The first-order valence-corrected chi connectivity index (χ1v) is 14.1. The molecule has 1 aliphatic heterocycles. The van der Waals surface area contributed by atoms with Gasteiger partial charge in [-0.05, 0) is 37.6 Å². The van der Waals surface area contributed by atoms with Gasteiger partial charge < -0.3 is 35.2 Å². The zero-order chi connectivity index (χ0) is 33.6. The minimum Gasteiger partial charge on any atom is -0.481 e. The van der Waals surface area contributed by atoms with E-state index in [1.807, 2.05) is 0 Å². The van der Waals surface area contributed by atoms with Crippen molar-refractivity contribution in [1.29, 1.82) is 0 Å². The van der Waals surface area contributed by atoms with Gasteiger partial charge in [0.1, 0.15) is 17.1 Å². The van der Waals surface area contributed by atoms with Crippen molar-refractivity contribution in [3.63, 3.8) is 0 Å². The Morgan fingerprint density at radius 2 is 1.70 bits per heavy atom. The molecule has 0 saturated carbocycles. The molecule has 244 valence electrons. The van der Waals surface area contributed by atoms with Gasteiger partial charge in [0.25, 0.3) is 5.91 Å². The van der Waals surface area contributed by atoms with E-state index in [0.29, 0.717) is 43.6 Å². The lowest BCUT2D eigenvalue weighted by Crippen LogP contribution is -2.52. The number of hydrogen-bond acceptors (Lipinski definition) is 10. The number of nitrogens with one attached hydrogen (secondary N) is 3. The number of carbonyl (C=O) groups is 3. The van der Waals surface area contributed by atoms with E-state index in [1.165, 1.54) is 38.4 Å². The highest BCUT2D eigenvalue weighted by Crippen LogP contribution is 2.38. The van der Waals surface area contributed by atoms with Gasteiger partial charge in [-0.3, -0.25) is 14.4 Å². The van der Waals surface area contributed by atoms with Crippen molar-refractivity contribution >= 4 is 46.5 Å². The number of amides is 3. The molecule has 0 unspecified atom stereocenters. The minimum absolute atomic E-state index is 0.0353. The first-order chi connectivity index (χ1) is 21.8. The standard InChI is InChI=1S/C30H33F3N8O5/c1-6-25(43)36-24-13-20(46-18(3)28(44)41-11-9-40(10-12-41)19(4)42)7-8-22(24)37-27-21(30(31,32)33)16-35-29(39-27)38-23-14-26(45-5)34-15-17(23)2/h6-8,13-16,18H,1,9-12H2,2-5H3,(H,36,43)(H2,34,35,37,38,39)/t18-/m0/s1. The van der Waals surface area contributed by atoms with E-state index >= 15 is 0 Å². The lowest BCUT2D eigenvalue weighted by Gasteiger charge is -2.35. The molecule has 16 heteroatoms. The number of carbonyl (C=O) groups excluding carboxylic acids is 3. The molecule has 3 aromatic rings. The van der Waals surface area contributed by atoms with Gasteiger partial charge in [-0.1, -0.05) is 6.58 Å². The molecule has 0 spiro atoms. The van der Waals surface area contributed by atoms with Crippen molar-refractivity contribution in [2.24, 2.45) is 0 Å². The predicted octanol–water partition coefficient (Wildman–Crippen LogP) is 4.28. The third kappa shape index (κ3) is 8.19. The maximum absolute atomic E-state index is 14.0. The molecule has 2 aromatic heterocycles. The number of methoxy groups -OCH3 is 1. The second kappa shape index (κ2) is 14.1. The fourth-order valence-corrected chi connectivity index (χ4v) is 4.49. The molecule has 1 fully saturated rings. The van der Waals surface area contributed by atoms with Crippen LogP contribution in [0.1, 0.15) is 25.0 Å². The van der Waals surface area contributed by atoms with Crippen molar-refractivity contribution < 1.29 is 37.0 Å². The Kier molecular flexibility index (Phi) is 10.3. The summed E-state index contributed by atoms with van der Waals surface area (Å²) in [5.74, 6) is -1.33. The highest BCUT2D eigenvalue weighted by Gasteiger charge is 2.36. The summed E-state index contributed by atoms with van der Waals surface area (Å²) in [6, 6.07) is 5.72. The van der Waals surface area contributed by atoms with Crippen LogP contribution in [-0.4, -0.2) is 81.9 Å². The number of ether oxygens (including phenoxy) is 2. The van der Waals surface area contributed by atoms with E-state index in [9.17, 15) is 27.6 Å². The molecular formula is C30H33F3N8O5. The average Bonchev–Trinajstić information content (AvgIpc) is 3.02. The molecule has 0 bridgehead atoms. The Balaban J connectivity index is 1.60. The molecule has 0 aliphatic carbocycles. The molecule has 3 heterocycles. The number of alkyl halides is 3. The summed E-state index contributed by atoms with van der Waals surface area (Å²) in [6.07, 6.45) is -2.62. The summed E-state index contributed by atoms with van der Waals surface area (Å²) in [6.45, 7) is 9.69. The summed E-state index contributed by atoms with van der Waals surface area (Å²) < 4.78 is 53.0. The fraction of sp³-hybridized carbons (Fsp3) is 0.333. The van der Waals surface area contributed by atoms with Crippen molar-refractivity contribution in [2.45, 2.75) is 33.1 Å². The lowest BCUT2D eigenvalue weighted by molar-refractivity contribution is -0.143. The lowest BCUT2D eigenvalue weighted by atomic mass is 10.2. The van der Waals surface area contributed by atoms with Gasteiger partial charge in [0.2, 0.25) is 23.6 Å². The van der Waals surface area contributed by atoms with Crippen LogP contribution >= 0.6 is 0 Å². The Hall–Kier alpha value is -5.41. The number of rotatable bonds is 10. The van der Waals surface area contributed by atoms with Crippen molar-refractivity contribution in [3.05, 3.63) is 60.4 Å². The molecule has 3 N–H and O–H groups in total. The van der Waals surface area contributed by atoms with E-state index in [0.717, 1.165) is 6.08 Å². The number of anilines is 5. The third-order valence-electron chi connectivity index (χ3n) is 7.01. The average molecular weight is 643 g/mol. The zero-order valence-electron chi connectivity index (χ0n) is 25.6. The van der Waals surface area contributed by atoms with Gasteiger partial charge in [0, 0.05) is 57.6 Å². The van der Waals surface area contributed by atoms with Crippen LogP contribution in [0.5, 0.6) is 11.6 Å². The molecule has 1 aliphatic rings. The molecule has 1 atom stereocenters. The number of nitrogens with zero attached hydrogens (tertiary/aromatic N) is 5. The quantitative estimate of drug-likeness (QED) is 0.274. The second-order valence-corrected chi connectivity index (χ2v) is 10.2. The maximum Gasteiger partial charge on any atom is 0.421 e. The van der Waals surface area contributed by atoms with Gasteiger partial charge in [-0.2, -0.15) is 18.2 Å². The summed E-state index contributed by atoms with van der Waals surface area (Å²) in [7, 11) is 1.42. The van der Waals surface area contributed by atoms with Crippen LogP contribution in [0.3, 0.4) is 0 Å². The second-order valence-electron chi connectivity index (χ2n) is 10.2. The normalized spacial score (nSPS) is 13.8. The van der Waals surface area contributed by atoms with Crippen LogP contribution in [0, 0.1) is 6.92 Å².